The van der Waals surface area contributed by atoms with Crippen LogP contribution >= 0.6 is 0 Å². The van der Waals surface area contributed by atoms with Gasteiger partial charge in [-0.05, 0) is 43.5 Å². The van der Waals surface area contributed by atoms with Crippen molar-refractivity contribution in [1.82, 2.24) is 4.90 Å². The maximum atomic E-state index is 12.3. The third-order valence-corrected chi connectivity index (χ3v) is 4.20. The van der Waals surface area contributed by atoms with Crippen LogP contribution in [-0.4, -0.2) is 41.9 Å². The summed E-state index contributed by atoms with van der Waals surface area (Å²) in [6.07, 6.45) is 2.50. The molecule has 2 atom stereocenters. The van der Waals surface area contributed by atoms with E-state index in [0.29, 0.717) is 30.5 Å². The molecule has 0 radical (unpaired) electrons. The van der Waals surface area contributed by atoms with Crippen LogP contribution in [0, 0.1) is 11.8 Å². The number of rotatable bonds is 4. The van der Waals surface area contributed by atoms with Crippen LogP contribution in [0.15, 0.2) is 24.3 Å². The zero-order chi connectivity index (χ0) is 17.0. The molecule has 23 heavy (non-hydrogen) atoms. The van der Waals surface area contributed by atoms with Crippen molar-refractivity contribution in [2.45, 2.75) is 25.7 Å². The third-order valence-electron chi connectivity index (χ3n) is 4.20. The van der Waals surface area contributed by atoms with E-state index in [-0.39, 0.29) is 17.7 Å². The predicted octanol–water partition coefficient (Wildman–Crippen LogP) is 2.22. The first kappa shape index (κ1) is 17.0. The van der Waals surface area contributed by atoms with Gasteiger partial charge in [0.25, 0.3) is 5.91 Å². The minimum atomic E-state index is -0.825. The molecule has 1 fully saturated rings. The summed E-state index contributed by atoms with van der Waals surface area (Å²) in [4.78, 5) is 36.6. The zero-order valence-corrected chi connectivity index (χ0v) is 13.4. The fourth-order valence-electron chi connectivity index (χ4n) is 2.85. The lowest BCUT2D eigenvalue weighted by molar-refractivity contribution is -0.143. The summed E-state index contributed by atoms with van der Waals surface area (Å²) < 4.78 is 0. The lowest BCUT2D eigenvalue weighted by atomic mass is 9.81. The molecule has 2 N–H and O–H groups in total. The van der Waals surface area contributed by atoms with Gasteiger partial charge in [0, 0.05) is 31.3 Å². The van der Waals surface area contributed by atoms with Crippen molar-refractivity contribution < 1.29 is 19.5 Å². The molecular weight excluding hydrogens is 296 g/mol. The monoisotopic (exact) mass is 318 g/mol. The van der Waals surface area contributed by atoms with Crippen LogP contribution in [0.5, 0.6) is 0 Å². The summed E-state index contributed by atoms with van der Waals surface area (Å²) in [7, 11) is 3.36. The Morgan fingerprint density at radius 1 is 1.09 bits per heavy atom. The number of nitrogens with one attached hydrogen (secondary N) is 1. The number of anilines is 1. The Labute approximate surface area is 135 Å². The van der Waals surface area contributed by atoms with Crippen LogP contribution in [0.4, 0.5) is 5.69 Å². The lowest BCUT2D eigenvalue weighted by Gasteiger charge is -2.25. The second-order valence-electron chi connectivity index (χ2n) is 6.16. The highest BCUT2D eigenvalue weighted by molar-refractivity contribution is 5.96. The molecule has 6 nitrogen and oxygen atoms in total. The van der Waals surface area contributed by atoms with E-state index < -0.39 is 11.9 Å². The molecule has 0 aliphatic heterocycles. The average molecular weight is 318 g/mol. The van der Waals surface area contributed by atoms with E-state index >= 15 is 0 Å². The molecule has 1 aromatic rings. The number of benzene rings is 1. The van der Waals surface area contributed by atoms with Crippen molar-refractivity contribution in [2.75, 3.05) is 19.4 Å². The molecule has 2 unspecified atom stereocenters. The number of carboxylic acid groups (broad SMARTS) is 1. The van der Waals surface area contributed by atoms with Gasteiger partial charge in [0.1, 0.15) is 0 Å². The molecule has 0 spiro atoms. The largest absolute Gasteiger partial charge is 0.481 e. The fraction of sp³-hybridized carbons (Fsp3) is 0.471. The van der Waals surface area contributed by atoms with Gasteiger partial charge in [-0.15, -0.1) is 0 Å². The molecule has 1 aliphatic rings. The van der Waals surface area contributed by atoms with Gasteiger partial charge in [-0.25, -0.2) is 0 Å². The van der Waals surface area contributed by atoms with Crippen molar-refractivity contribution in [1.29, 1.82) is 0 Å². The van der Waals surface area contributed by atoms with Gasteiger partial charge in [0.05, 0.1) is 5.92 Å². The number of amides is 2. The van der Waals surface area contributed by atoms with Crippen LogP contribution in [0.1, 0.15) is 36.0 Å². The first-order chi connectivity index (χ1) is 10.9. The molecule has 124 valence electrons. The SMILES string of the molecule is CN(C)C(=O)c1ccc(NC(=O)C2CCCC(C(=O)O)C2)cc1. The lowest BCUT2D eigenvalue weighted by Crippen LogP contribution is -2.30. The molecule has 0 heterocycles. The Bertz CT molecular complexity index is 595. The van der Waals surface area contributed by atoms with E-state index in [0.717, 1.165) is 6.42 Å². The molecule has 1 saturated carbocycles. The quantitative estimate of drug-likeness (QED) is 0.891. The second-order valence-corrected chi connectivity index (χ2v) is 6.16. The molecular formula is C17H22N2O4. The Hall–Kier alpha value is -2.37. The summed E-state index contributed by atoms with van der Waals surface area (Å²) in [5.74, 6) is -1.77. The summed E-state index contributed by atoms with van der Waals surface area (Å²) in [5.41, 5.74) is 1.17. The van der Waals surface area contributed by atoms with Gasteiger partial charge in [-0.2, -0.15) is 0 Å². The summed E-state index contributed by atoms with van der Waals surface area (Å²) in [6.45, 7) is 0. The molecule has 6 heteroatoms. The van der Waals surface area contributed by atoms with Crippen molar-refractivity contribution in [3.05, 3.63) is 29.8 Å². The minimum absolute atomic E-state index is 0.0977. The number of hydrogen-bond donors (Lipinski definition) is 2. The third kappa shape index (κ3) is 4.31. The Morgan fingerprint density at radius 2 is 1.70 bits per heavy atom. The summed E-state index contributed by atoms with van der Waals surface area (Å²) >= 11 is 0. The maximum Gasteiger partial charge on any atom is 0.306 e. The van der Waals surface area contributed by atoms with Crippen LogP contribution in [0.3, 0.4) is 0 Å². The van der Waals surface area contributed by atoms with Gasteiger partial charge in [-0.1, -0.05) is 6.42 Å². The van der Waals surface area contributed by atoms with Crippen molar-refractivity contribution >= 4 is 23.5 Å². The number of hydrogen-bond acceptors (Lipinski definition) is 3. The van der Waals surface area contributed by atoms with E-state index in [1.165, 1.54) is 4.90 Å². The van der Waals surface area contributed by atoms with E-state index in [2.05, 4.69) is 5.32 Å². The van der Waals surface area contributed by atoms with Crippen molar-refractivity contribution in [3.63, 3.8) is 0 Å². The van der Waals surface area contributed by atoms with Crippen LogP contribution in [0.25, 0.3) is 0 Å². The van der Waals surface area contributed by atoms with Crippen LogP contribution in [0.2, 0.25) is 0 Å². The first-order valence-electron chi connectivity index (χ1n) is 7.74. The van der Waals surface area contributed by atoms with Crippen molar-refractivity contribution in [2.24, 2.45) is 11.8 Å². The van der Waals surface area contributed by atoms with Gasteiger partial charge in [0.15, 0.2) is 0 Å². The van der Waals surface area contributed by atoms with E-state index in [1.807, 2.05) is 0 Å². The predicted molar refractivity (Wildman–Crippen MR) is 86.2 cm³/mol. The van der Waals surface area contributed by atoms with Gasteiger partial charge in [-0.3, -0.25) is 14.4 Å². The van der Waals surface area contributed by atoms with E-state index in [9.17, 15) is 14.4 Å². The maximum absolute atomic E-state index is 12.3. The van der Waals surface area contributed by atoms with Crippen LogP contribution < -0.4 is 5.32 Å². The van der Waals surface area contributed by atoms with Gasteiger partial charge >= 0.3 is 5.97 Å². The topological polar surface area (TPSA) is 86.7 Å². The number of carboxylic acids is 1. The fourth-order valence-corrected chi connectivity index (χ4v) is 2.85. The minimum Gasteiger partial charge on any atom is -0.481 e. The van der Waals surface area contributed by atoms with Crippen LogP contribution in [-0.2, 0) is 9.59 Å². The molecule has 2 rings (SSSR count). The normalized spacial score (nSPS) is 20.6. The zero-order valence-electron chi connectivity index (χ0n) is 13.4. The van der Waals surface area contributed by atoms with Crippen molar-refractivity contribution in [3.8, 4) is 0 Å². The summed E-state index contributed by atoms with van der Waals surface area (Å²) in [5, 5.41) is 11.9. The highest BCUT2D eigenvalue weighted by Gasteiger charge is 2.31. The second kappa shape index (κ2) is 7.26. The van der Waals surface area contributed by atoms with Gasteiger partial charge < -0.3 is 15.3 Å². The van der Waals surface area contributed by atoms with E-state index in [1.54, 1.807) is 38.4 Å². The molecule has 0 aromatic heterocycles. The first-order valence-corrected chi connectivity index (χ1v) is 7.74. The highest BCUT2D eigenvalue weighted by atomic mass is 16.4. The number of aliphatic carboxylic acids is 1. The molecule has 0 saturated heterocycles. The summed E-state index contributed by atoms with van der Waals surface area (Å²) in [6, 6.07) is 6.70. The number of nitrogens with zero attached hydrogens (tertiary/aromatic N) is 1. The molecule has 1 aromatic carbocycles. The average Bonchev–Trinajstić information content (AvgIpc) is 2.54. The number of carbonyl (C=O) groups excluding carboxylic acids is 2. The smallest absolute Gasteiger partial charge is 0.306 e. The number of carbonyl (C=O) groups is 3. The standard InChI is InChI=1S/C17H22N2O4/c1-19(2)16(21)11-6-8-14(9-7-11)18-15(20)12-4-3-5-13(10-12)17(22)23/h6-9,12-13H,3-5,10H2,1-2H3,(H,18,20)(H,22,23). The highest BCUT2D eigenvalue weighted by Crippen LogP contribution is 2.30. The Kier molecular flexibility index (Phi) is 5.36. The molecule has 0 bridgehead atoms. The molecule has 1 aliphatic carbocycles. The Balaban J connectivity index is 1.97. The van der Waals surface area contributed by atoms with Gasteiger partial charge in [0.2, 0.25) is 5.91 Å². The Morgan fingerprint density at radius 3 is 2.26 bits per heavy atom. The molecule has 2 amide bonds. The van der Waals surface area contributed by atoms with E-state index in [4.69, 9.17) is 5.11 Å².